The zero-order valence-corrected chi connectivity index (χ0v) is 18.7. The van der Waals surface area contributed by atoms with E-state index in [9.17, 15) is 13.2 Å². The minimum absolute atomic E-state index is 0.0416. The van der Waals surface area contributed by atoms with Crippen molar-refractivity contribution in [2.24, 2.45) is 0 Å². The molecule has 0 fully saturated rings. The van der Waals surface area contributed by atoms with Crippen LogP contribution in [0.25, 0.3) is 10.2 Å². The molecule has 8 heteroatoms. The number of rotatable bonds is 7. The summed E-state index contributed by atoms with van der Waals surface area (Å²) in [4.78, 5) is 21.9. The second-order valence-corrected chi connectivity index (χ2v) is 10.3. The normalized spacial score (nSPS) is 11.9. The minimum atomic E-state index is -3.53. The number of fused-ring (bicyclic) bond motifs is 1. The number of carbonyl (C=O) groups is 1. The van der Waals surface area contributed by atoms with Crippen molar-refractivity contribution in [3.8, 4) is 0 Å². The zero-order chi connectivity index (χ0) is 21.2. The maximum Gasteiger partial charge on any atom is 0.261 e. The number of thiazole rings is 1. The molecule has 3 rings (SSSR count). The predicted octanol–water partition coefficient (Wildman–Crippen LogP) is 3.61. The van der Waals surface area contributed by atoms with E-state index >= 15 is 0 Å². The van der Waals surface area contributed by atoms with Gasteiger partial charge in [0, 0.05) is 12.8 Å². The summed E-state index contributed by atoms with van der Waals surface area (Å²) in [5.41, 5.74) is 2.09. The van der Waals surface area contributed by atoms with Crippen LogP contribution in [0.5, 0.6) is 0 Å². The summed E-state index contributed by atoms with van der Waals surface area (Å²) in [6, 6.07) is 12.3. The van der Waals surface area contributed by atoms with Crippen LogP contribution in [-0.4, -0.2) is 57.6 Å². The fourth-order valence-corrected chi connectivity index (χ4v) is 5.08. The van der Waals surface area contributed by atoms with Gasteiger partial charge in [-0.05, 0) is 57.7 Å². The standard InChI is InChI=1S/C21H25N3O3S2/c1-15-9-7-11-17-19(15)22-21(28-17)24(14-8-13-23(2)3)20(25)16-10-5-6-12-18(16)29(4,26)27/h5-7,9-12H,8,13-14H2,1-4H3. The van der Waals surface area contributed by atoms with E-state index in [0.717, 1.165) is 35.0 Å². The third-order valence-electron chi connectivity index (χ3n) is 4.59. The molecule has 1 heterocycles. The molecule has 6 nitrogen and oxygen atoms in total. The van der Waals surface area contributed by atoms with Crippen LogP contribution in [0.2, 0.25) is 0 Å². The average Bonchev–Trinajstić information content (AvgIpc) is 3.09. The lowest BCUT2D eigenvalue weighted by Crippen LogP contribution is -2.34. The van der Waals surface area contributed by atoms with Gasteiger partial charge in [0.2, 0.25) is 0 Å². The van der Waals surface area contributed by atoms with Gasteiger partial charge in [0.25, 0.3) is 5.91 Å². The molecule has 1 amide bonds. The molecule has 3 aromatic rings. The van der Waals surface area contributed by atoms with Gasteiger partial charge < -0.3 is 4.90 Å². The van der Waals surface area contributed by atoms with Crippen molar-refractivity contribution in [1.82, 2.24) is 9.88 Å². The second kappa shape index (κ2) is 8.61. The molecule has 0 aliphatic carbocycles. The Morgan fingerprint density at radius 2 is 1.79 bits per heavy atom. The molecule has 0 N–H and O–H groups in total. The molecule has 2 aromatic carbocycles. The molecule has 0 radical (unpaired) electrons. The summed E-state index contributed by atoms with van der Waals surface area (Å²) in [5.74, 6) is -0.346. The van der Waals surface area contributed by atoms with Gasteiger partial charge in [-0.25, -0.2) is 13.4 Å². The SMILES string of the molecule is Cc1cccc2sc(N(CCCN(C)C)C(=O)c3ccccc3S(C)(=O)=O)nc12. The van der Waals surface area contributed by atoms with Gasteiger partial charge in [-0.1, -0.05) is 35.6 Å². The van der Waals surface area contributed by atoms with E-state index < -0.39 is 9.84 Å². The van der Waals surface area contributed by atoms with Crippen molar-refractivity contribution in [3.63, 3.8) is 0 Å². The number of amides is 1. The van der Waals surface area contributed by atoms with E-state index in [0.29, 0.717) is 11.7 Å². The molecule has 0 aliphatic heterocycles. The fraction of sp³-hybridized carbons (Fsp3) is 0.333. The molecule has 0 bridgehead atoms. The van der Waals surface area contributed by atoms with Crippen LogP contribution < -0.4 is 4.90 Å². The Labute approximate surface area is 175 Å². The first kappa shape index (κ1) is 21.4. The highest BCUT2D eigenvalue weighted by Crippen LogP contribution is 2.32. The van der Waals surface area contributed by atoms with Gasteiger partial charge in [-0.15, -0.1) is 0 Å². The Balaban J connectivity index is 2.06. The van der Waals surface area contributed by atoms with Gasteiger partial charge in [0.15, 0.2) is 15.0 Å². The summed E-state index contributed by atoms with van der Waals surface area (Å²) in [5, 5.41) is 0.585. The highest BCUT2D eigenvalue weighted by molar-refractivity contribution is 7.90. The van der Waals surface area contributed by atoms with Crippen LogP contribution >= 0.6 is 11.3 Å². The Morgan fingerprint density at radius 1 is 1.07 bits per heavy atom. The number of aryl methyl sites for hydroxylation is 1. The molecule has 0 spiro atoms. The number of carbonyl (C=O) groups excluding carboxylic acids is 1. The van der Waals surface area contributed by atoms with Crippen LogP contribution in [-0.2, 0) is 9.84 Å². The summed E-state index contributed by atoms with van der Waals surface area (Å²) in [7, 11) is 0.424. The molecule has 0 saturated carbocycles. The Kier molecular flexibility index (Phi) is 6.36. The molecule has 0 aliphatic rings. The Hall–Kier alpha value is -2.29. The lowest BCUT2D eigenvalue weighted by molar-refractivity contribution is 0.0983. The van der Waals surface area contributed by atoms with Crippen molar-refractivity contribution in [2.75, 3.05) is 38.3 Å². The highest BCUT2D eigenvalue weighted by Gasteiger charge is 2.26. The summed E-state index contributed by atoms with van der Waals surface area (Å²) in [6.07, 6.45) is 1.87. The first-order valence-electron chi connectivity index (χ1n) is 9.30. The summed E-state index contributed by atoms with van der Waals surface area (Å²) >= 11 is 1.45. The van der Waals surface area contributed by atoms with E-state index in [1.54, 1.807) is 23.1 Å². The molecular formula is C21H25N3O3S2. The monoisotopic (exact) mass is 431 g/mol. The number of nitrogens with zero attached hydrogens (tertiary/aromatic N) is 3. The van der Waals surface area contributed by atoms with Gasteiger partial charge >= 0.3 is 0 Å². The van der Waals surface area contributed by atoms with Gasteiger partial charge in [0.1, 0.15) is 0 Å². The molecule has 154 valence electrons. The molecule has 0 unspecified atom stereocenters. The van der Waals surface area contributed by atoms with E-state index in [2.05, 4.69) is 4.90 Å². The number of sulfone groups is 1. The first-order chi connectivity index (χ1) is 13.7. The van der Waals surface area contributed by atoms with Crippen LogP contribution in [0.3, 0.4) is 0 Å². The number of hydrogen-bond acceptors (Lipinski definition) is 6. The highest BCUT2D eigenvalue weighted by atomic mass is 32.2. The lowest BCUT2D eigenvalue weighted by Gasteiger charge is -2.22. The van der Waals surface area contributed by atoms with Crippen LogP contribution in [0.15, 0.2) is 47.4 Å². The van der Waals surface area contributed by atoms with Crippen molar-refractivity contribution in [1.29, 1.82) is 0 Å². The maximum absolute atomic E-state index is 13.5. The topological polar surface area (TPSA) is 70.6 Å². The fourth-order valence-electron chi connectivity index (χ4n) is 3.13. The average molecular weight is 432 g/mol. The number of benzene rings is 2. The smallest absolute Gasteiger partial charge is 0.261 e. The summed E-state index contributed by atoms with van der Waals surface area (Å²) < 4.78 is 25.4. The first-order valence-corrected chi connectivity index (χ1v) is 12.0. The van der Waals surface area contributed by atoms with Crippen molar-refractivity contribution < 1.29 is 13.2 Å². The van der Waals surface area contributed by atoms with E-state index in [4.69, 9.17) is 4.98 Å². The Morgan fingerprint density at radius 3 is 2.45 bits per heavy atom. The van der Waals surface area contributed by atoms with Crippen LogP contribution in [0.4, 0.5) is 5.13 Å². The van der Waals surface area contributed by atoms with Gasteiger partial charge in [0.05, 0.1) is 20.7 Å². The Bertz CT molecular complexity index is 1140. The second-order valence-electron chi connectivity index (χ2n) is 7.30. The zero-order valence-electron chi connectivity index (χ0n) is 17.0. The third-order valence-corrected chi connectivity index (χ3v) is 6.79. The van der Waals surface area contributed by atoms with E-state index in [-0.39, 0.29) is 16.4 Å². The van der Waals surface area contributed by atoms with Gasteiger partial charge in [-0.2, -0.15) is 0 Å². The van der Waals surface area contributed by atoms with Crippen molar-refractivity contribution >= 4 is 42.4 Å². The van der Waals surface area contributed by atoms with Crippen molar-refractivity contribution in [2.45, 2.75) is 18.2 Å². The predicted molar refractivity (Wildman–Crippen MR) is 119 cm³/mol. The number of aromatic nitrogens is 1. The maximum atomic E-state index is 13.5. The van der Waals surface area contributed by atoms with Crippen LogP contribution in [0.1, 0.15) is 22.3 Å². The van der Waals surface area contributed by atoms with E-state index in [1.165, 1.54) is 17.4 Å². The molecule has 0 saturated heterocycles. The molecule has 1 aromatic heterocycles. The molecule has 0 atom stereocenters. The quantitative estimate of drug-likeness (QED) is 0.572. The van der Waals surface area contributed by atoms with Crippen LogP contribution in [0, 0.1) is 6.92 Å². The number of anilines is 1. The molecule has 29 heavy (non-hydrogen) atoms. The van der Waals surface area contributed by atoms with Gasteiger partial charge in [-0.3, -0.25) is 9.69 Å². The third kappa shape index (κ3) is 4.83. The number of para-hydroxylation sites is 1. The minimum Gasteiger partial charge on any atom is -0.309 e. The van der Waals surface area contributed by atoms with E-state index in [1.807, 2.05) is 39.2 Å². The number of hydrogen-bond donors (Lipinski definition) is 0. The summed E-state index contributed by atoms with van der Waals surface area (Å²) in [6.45, 7) is 3.25. The van der Waals surface area contributed by atoms with Crippen molar-refractivity contribution in [3.05, 3.63) is 53.6 Å². The lowest BCUT2D eigenvalue weighted by atomic mass is 10.2. The molecular weight excluding hydrogens is 406 g/mol. The largest absolute Gasteiger partial charge is 0.309 e.